The molecule has 3 nitrogen and oxygen atoms in total. The molecule has 0 radical (unpaired) electrons. The predicted molar refractivity (Wildman–Crippen MR) is 89.6 cm³/mol. The lowest BCUT2D eigenvalue weighted by Crippen LogP contribution is -2.46. The number of benzene rings is 1. The fraction of sp³-hybridized carbons (Fsp3) is 0.632. The number of hydrogen-bond donors (Lipinski definition) is 0. The van der Waals surface area contributed by atoms with Crippen LogP contribution in [-0.2, 0) is 4.79 Å². The molecule has 0 N–H and O–H groups in total. The molecule has 3 rings (SSSR count). The molecule has 2 aliphatic rings. The summed E-state index contributed by atoms with van der Waals surface area (Å²) in [5, 5.41) is 0. The Morgan fingerprint density at radius 1 is 1.09 bits per heavy atom. The molecule has 0 bridgehead atoms. The van der Waals surface area contributed by atoms with Gasteiger partial charge in [-0.15, -0.1) is 0 Å². The van der Waals surface area contributed by atoms with Crippen LogP contribution in [0.1, 0.15) is 51.1 Å². The molecule has 0 spiro atoms. The highest BCUT2D eigenvalue weighted by molar-refractivity contribution is 5.77. The van der Waals surface area contributed by atoms with Crippen molar-refractivity contribution in [3.05, 3.63) is 35.9 Å². The van der Waals surface area contributed by atoms with Crippen molar-refractivity contribution in [1.82, 2.24) is 9.80 Å². The second kappa shape index (κ2) is 6.82. The van der Waals surface area contributed by atoms with Gasteiger partial charge in [0, 0.05) is 19.0 Å². The number of hydrogen-bond acceptors (Lipinski definition) is 2. The van der Waals surface area contributed by atoms with Gasteiger partial charge in [-0.2, -0.15) is 0 Å². The van der Waals surface area contributed by atoms with E-state index < -0.39 is 0 Å². The summed E-state index contributed by atoms with van der Waals surface area (Å²) in [5.74, 6) is 0.947. The minimum atomic E-state index is 0.324. The quantitative estimate of drug-likeness (QED) is 0.850. The van der Waals surface area contributed by atoms with Crippen molar-refractivity contribution in [2.24, 2.45) is 5.92 Å². The summed E-state index contributed by atoms with van der Waals surface area (Å²) in [5.41, 5.74) is 1.29. The highest BCUT2D eigenvalue weighted by atomic mass is 16.2. The van der Waals surface area contributed by atoms with E-state index in [4.69, 9.17) is 0 Å². The molecule has 1 aromatic carbocycles. The summed E-state index contributed by atoms with van der Waals surface area (Å²) in [7, 11) is 0. The number of rotatable bonds is 4. The summed E-state index contributed by atoms with van der Waals surface area (Å²) in [4.78, 5) is 17.2. The zero-order valence-electron chi connectivity index (χ0n) is 13.9. The second-order valence-corrected chi connectivity index (χ2v) is 7.08. The first-order valence-corrected chi connectivity index (χ1v) is 8.73. The van der Waals surface area contributed by atoms with Crippen molar-refractivity contribution in [3.63, 3.8) is 0 Å². The third-order valence-electron chi connectivity index (χ3n) is 5.37. The smallest absolute Gasteiger partial charge is 0.223 e. The van der Waals surface area contributed by atoms with E-state index in [0.29, 0.717) is 23.9 Å². The van der Waals surface area contributed by atoms with Crippen molar-refractivity contribution >= 4 is 5.91 Å². The summed E-state index contributed by atoms with van der Waals surface area (Å²) < 4.78 is 0. The van der Waals surface area contributed by atoms with Crippen LogP contribution in [-0.4, -0.2) is 41.4 Å². The number of nitrogens with zero attached hydrogens (tertiary/aromatic N) is 2. The number of carbonyl (C=O) groups excluding carboxylic acids is 1. The van der Waals surface area contributed by atoms with E-state index in [-0.39, 0.29) is 0 Å². The largest absolute Gasteiger partial charge is 0.335 e. The molecule has 3 heteroatoms. The van der Waals surface area contributed by atoms with Crippen LogP contribution in [0.3, 0.4) is 0 Å². The average Bonchev–Trinajstić information content (AvgIpc) is 2.47. The summed E-state index contributed by atoms with van der Waals surface area (Å²) in [6.45, 7) is 7.75. The average molecular weight is 300 g/mol. The predicted octanol–water partition coefficient (Wildman–Crippen LogP) is 3.47. The summed E-state index contributed by atoms with van der Waals surface area (Å²) in [6, 6.07) is 11.4. The van der Waals surface area contributed by atoms with Crippen LogP contribution in [0.15, 0.2) is 30.3 Å². The molecule has 1 atom stereocenters. The van der Waals surface area contributed by atoms with E-state index in [1.165, 1.54) is 18.4 Å². The van der Waals surface area contributed by atoms with Crippen molar-refractivity contribution in [2.75, 3.05) is 19.6 Å². The number of piperidine rings is 1. The molecule has 2 heterocycles. The normalized spacial score (nSPS) is 23.6. The first kappa shape index (κ1) is 15.5. The first-order chi connectivity index (χ1) is 10.6. The Morgan fingerprint density at radius 2 is 1.77 bits per heavy atom. The molecule has 2 saturated heterocycles. The minimum absolute atomic E-state index is 0.324. The minimum Gasteiger partial charge on any atom is -0.335 e. The van der Waals surface area contributed by atoms with Crippen LogP contribution in [0.25, 0.3) is 0 Å². The lowest BCUT2D eigenvalue weighted by molar-refractivity contribution is -0.140. The Balaban J connectivity index is 1.51. The van der Waals surface area contributed by atoms with Gasteiger partial charge in [-0.1, -0.05) is 30.3 Å². The highest BCUT2D eigenvalue weighted by Gasteiger charge is 2.34. The topological polar surface area (TPSA) is 23.6 Å². The number of amides is 1. The van der Waals surface area contributed by atoms with Gasteiger partial charge >= 0.3 is 0 Å². The number of likely N-dealkylation sites (tertiary alicyclic amines) is 2. The van der Waals surface area contributed by atoms with Crippen molar-refractivity contribution in [2.45, 2.75) is 51.6 Å². The van der Waals surface area contributed by atoms with Gasteiger partial charge in [0.2, 0.25) is 5.91 Å². The molecular weight excluding hydrogens is 272 g/mol. The van der Waals surface area contributed by atoms with Gasteiger partial charge in [-0.05, 0) is 57.7 Å². The molecule has 0 unspecified atom stereocenters. The van der Waals surface area contributed by atoms with Gasteiger partial charge in [0.1, 0.15) is 0 Å². The monoisotopic (exact) mass is 300 g/mol. The van der Waals surface area contributed by atoms with Gasteiger partial charge in [0.05, 0.1) is 6.04 Å². The Morgan fingerprint density at radius 3 is 2.32 bits per heavy atom. The molecule has 22 heavy (non-hydrogen) atoms. The van der Waals surface area contributed by atoms with Gasteiger partial charge in [0.15, 0.2) is 0 Å². The number of carbonyl (C=O) groups is 1. The highest BCUT2D eigenvalue weighted by Crippen LogP contribution is 2.34. The SMILES string of the molecule is CC(C)N1CCC(CC(=O)N2CC[C@H]2c2ccccc2)CC1. The summed E-state index contributed by atoms with van der Waals surface area (Å²) >= 11 is 0. The molecule has 0 aromatic heterocycles. The fourth-order valence-corrected chi connectivity index (χ4v) is 3.75. The second-order valence-electron chi connectivity index (χ2n) is 7.08. The molecule has 0 aliphatic carbocycles. The zero-order chi connectivity index (χ0) is 15.5. The Hall–Kier alpha value is -1.35. The van der Waals surface area contributed by atoms with Gasteiger partial charge < -0.3 is 9.80 Å². The Bertz CT molecular complexity index is 491. The van der Waals surface area contributed by atoms with E-state index in [9.17, 15) is 4.79 Å². The lowest BCUT2D eigenvalue weighted by Gasteiger charge is -2.42. The third kappa shape index (κ3) is 3.35. The van der Waals surface area contributed by atoms with Gasteiger partial charge in [0.25, 0.3) is 0 Å². The van der Waals surface area contributed by atoms with Crippen LogP contribution < -0.4 is 0 Å². The third-order valence-corrected chi connectivity index (χ3v) is 5.37. The van der Waals surface area contributed by atoms with Crippen molar-refractivity contribution < 1.29 is 4.79 Å². The Kier molecular flexibility index (Phi) is 4.82. The van der Waals surface area contributed by atoms with Crippen LogP contribution in [0.4, 0.5) is 0 Å². The van der Waals surface area contributed by atoms with Crippen molar-refractivity contribution in [3.8, 4) is 0 Å². The van der Waals surface area contributed by atoms with Gasteiger partial charge in [-0.25, -0.2) is 0 Å². The molecule has 1 aromatic rings. The molecular formula is C19H28N2O. The fourth-order valence-electron chi connectivity index (χ4n) is 3.75. The lowest BCUT2D eigenvalue weighted by atomic mass is 9.89. The van der Waals surface area contributed by atoms with Crippen LogP contribution in [0.2, 0.25) is 0 Å². The van der Waals surface area contributed by atoms with Gasteiger partial charge in [-0.3, -0.25) is 4.79 Å². The first-order valence-electron chi connectivity index (χ1n) is 8.73. The molecule has 2 fully saturated rings. The molecule has 120 valence electrons. The summed E-state index contributed by atoms with van der Waals surface area (Å²) in [6.07, 6.45) is 4.21. The Labute approximate surface area is 134 Å². The molecule has 2 aliphatic heterocycles. The maximum Gasteiger partial charge on any atom is 0.223 e. The standard InChI is InChI=1S/C19H28N2O/c1-15(2)20-11-8-16(9-12-20)14-19(22)21-13-10-18(21)17-6-4-3-5-7-17/h3-7,15-16,18H,8-14H2,1-2H3/t18-/m0/s1. The van der Waals surface area contributed by atoms with E-state index in [1.807, 2.05) is 6.07 Å². The molecule has 0 saturated carbocycles. The van der Waals surface area contributed by atoms with Crippen molar-refractivity contribution in [1.29, 1.82) is 0 Å². The van der Waals surface area contributed by atoms with E-state index in [0.717, 1.165) is 32.5 Å². The van der Waals surface area contributed by atoms with E-state index in [1.54, 1.807) is 0 Å². The van der Waals surface area contributed by atoms with Crippen LogP contribution >= 0.6 is 0 Å². The maximum absolute atomic E-state index is 12.6. The zero-order valence-corrected chi connectivity index (χ0v) is 13.9. The van der Waals surface area contributed by atoms with Crippen LogP contribution in [0.5, 0.6) is 0 Å². The van der Waals surface area contributed by atoms with Crippen LogP contribution in [0, 0.1) is 5.92 Å². The van der Waals surface area contributed by atoms with E-state index in [2.05, 4.69) is 47.9 Å². The van der Waals surface area contributed by atoms with E-state index >= 15 is 0 Å². The molecule has 1 amide bonds. The maximum atomic E-state index is 12.6.